The van der Waals surface area contributed by atoms with Crippen molar-refractivity contribution in [3.63, 3.8) is 0 Å². The molecule has 0 unspecified atom stereocenters. The van der Waals surface area contributed by atoms with Gasteiger partial charge >= 0.3 is 29.6 Å². The Morgan fingerprint density at radius 3 is 1.23 bits per heavy atom. The van der Waals surface area contributed by atoms with Crippen LogP contribution in [0.5, 0.6) is 0 Å². The van der Waals surface area contributed by atoms with E-state index in [4.69, 9.17) is 63.7 Å². The van der Waals surface area contributed by atoms with E-state index in [1.165, 1.54) is 0 Å². The van der Waals surface area contributed by atoms with Gasteiger partial charge in [-0.25, -0.2) is 0 Å². The summed E-state index contributed by atoms with van der Waals surface area (Å²) in [5.74, 6) is 0. The van der Waals surface area contributed by atoms with E-state index in [0.717, 1.165) is 0 Å². The molecule has 68 valence electrons. The molecule has 0 spiro atoms. The zero-order chi connectivity index (χ0) is 9.46. The molecular weight excluding hydrogens is 286 g/mol. The summed E-state index contributed by atoms with van der Waals surface area (Å²) in [4.78, 5) is 0. The van der Waals surface area contributed by atoms with Crippen LogP contribution < -0.4 is 35.3 Å². The maximum atomic E-state index is 5.68. The maximum Gasteiger partial charge on any atom is 1.00 e. The minimum atomic E-state index is 0. The molecule has 0 bridgehead atoms. The van der Waals surface area contributed by atoms with Crippen molar-refractivity contribution >= 4 is 63.7 Å². The minimum Gasteiger partial charge on any atom is -1.00 e. The molecule has 0 saturated heterocycles. The van der Waals surface area contributed by atoms with Crippen LogP contribution in [0.1, 0.15) is 1.43 Å². The van der Waals surface area contributed by atoms with Crippen LogP contribution in [0.3, 0.4) is 0 Å². The summed E-state index contributed by atoms with van der Waals surface area (Å²) < 4.78 is 0. The molecule has 0 aliphatic rings. The summed E-state index contributed by atoms with van der Waals surface area (Å²) in [5, 5.41) is 0.588. The van der Waals surface area contributed by atoms with Crippen molar-refractivity contribution < 1.29 is 31.0 Å². The molecule has 13 heavy (non-hydrogen) atoms. The summed E-state index contributed by atoms with van der Waals surface area (Å²) in [6.07, 6.45) is 0. The van der Waals surface area contributed by atoms with Crippen LogP contribution >= 0.6 is 58.0 Å². The van der Waals surface area contributed by atoms with Gasteiger partial charge in [-0.3, -0.25) is 0 Å². The first-order valence-electron chi connectivity index (χ1n) is 2.73. The summed E-state index contributed by atoms with van der Waals surface area (Å²) in [6, 6.07) is 0. The van der Waals surface area contributed by atoms with Gasteiger partial charge in [-0.15, -0.1) is 0 Å². The van der Waals surface area contributed by atoms with Crippen LogP contribution in [0.15, 0.2) is 0 Å². The zero-order valence-electron chi connectivity index (χ0n) is 7.47. The molecule has 0 atom stereocenters. The van der Waals surface area contributed by atoms with Crippen molar-refractivity contribution in [3.05, 3.63) is 25.1 Å². The monoisotopic (exact) mass is 287 g/mol. The molecule has 2 N–H and O–H groups in total. The first-order valence-corrected chi connectivity index (χ1v) is 4.62. The van der Waals surface area contributed by atoms with Gasteiger partial charge in [0.15, 0.2) is 0 Å². The van der Waals surface area contributed by atoms with E-state index >= 15 is 0 Å². The molecule has 0 amide bonds. The fourth-order valence-corrected chi connectivity index (χ4v) is 1.77. The number of rotatable bonds is 0. The largest absolute Gasteiger partial charge is 1.00 e. The van der Waals surface area contributed by atoms with Crippen LogP contribution in [0.25, 0.3) is 0 Å². The standard InChI is InChI=1S/C6H2Cl5N.Na.H/c7-1-2(8)4(10)6(12)5(11)3(1)9;;/h12H2;;/q;+1;-1. The molecule has 1 aromatic carbocycles. The summed E-state index contributed by atoms with van der Waals surface area (Å²) in [5.41, 5.74) is 5.60. The Labute approximate surface area is 124 Å². The van der Waals surface area contributed by atoms with Gasteiger partial charge in [-0.2, -0.15) is 0 Å². The first kappa shape index (κ1) is 14.5. The van der Waals surface area contributed by atoms with E-state index in [0.29, 0.717) is 0 Å². The second kappa shape index (κ2) is 5.53. The van der Waals surface area contributed by atoms with Crippen molar-refractivity contribution in [2.24, 2.45) is 0 Å². The molecule has 0 aromatic heterocycles. The molecule has 0 radical (unpaired) electrons. The fourth-order valence-electron chi connectivity index (χ4n) is 0.622. The Morgan fingerprint density at radius 1 is 0.692 bits per heavy atom. The van der Waals surface area contributed by atoms with Crippen LogP contribution in [-0.4, -0.2) is 0 Å². The van der Waals surface area contributed by atoms with Gasteiger partial charge in [0.25, 0.3) is 0 Å². The number of hydrogen-bond acceptors (Lipinski definition) is 1. The van der Waals surface area contributed by atoms with E-state index in [-0.39, 0.29) is 61.8 Å². The predicted octanol–water partition coefficient (Wildman–Crippen LogP) is 1.65. The summed E-state index contributed by atoms with van der Waals surface area (Å²) >= 11 is 28.4. The Hall–Kier alpha value is 1.47. The third-order valence-corrected chi connectivity index (χ3v) is 3.55. The number of benzene rings is 1. The van der Waals surface area contributed by atoms with Crippen molar-refractivity contribution in [3.8, 4) is 0 Å². The second-order valence-electron chi connectivity index (χ2n) is 1.98. The predicted molar refractivity (Wildman–Crippen MR) is 57.0 cm³/mol. The average molecular weight is 289 g/mol. The quantitative estimate of drug-likeness (QED) is 0.334. The van der Waals surface area contributed by atoms with E-state index < -0.39 is 0 Å². The van der Waals surface area contributed by atoms with Crippen molar-refractivity contribution in [2.75, 3.05) is 5.73 Å². The Kier molecular flexibility index (Phi) is 6.15. The smallest absolute Gasteiger partial charge is 1.00 e. The number of nitrogens with two attached hydrogens (primary N) is 1. The molecule has 0 fully saturated rings. The molecule has 7 heteroatoms. The van der Waals surface area contributed by atoms with E-state index in [2.05, 4.69) is 0 Å². The number of anilines is 1. The van der Waals surface area contributed by atoms with E-state index in [1.807, 2.05) is 0 Å². The van der Waals surface area contributed by atoms with E-state index in [1.54, 1.807) is 0 Å². The Bertz CT molecular complexity index is 240. The number of hydrogen-bond donors (Lipinski definition) is 1. The van der Waals surface area contributed by atoms with Crippen molar-refractivity contribution in [2.45, 2.75) is 0 Å². The van der Waals surface area contributed by atoms with Gasteiger partial charge in [0.2, 0.25) is 0 Å². The van der Waals surface area contributed by atoms with Gasteiger partial charge in [0.1, 0.15) is 0 Å². The molecule has 0 saturated carbocycles. The SMILES string of the molecule is Nc1c(Cl)c(Cl)c(Cl)c(Cl)c1Cl.[H-].[Na+]. The molecule has 0 aliphatic carbocycles. The van der Waals surface area contributed by atoms with Crippen molar-refractivity contribution in [1.82, 2.24) is 0 Å². The topological polar surface area (TPSA) is 26.0 Å². The number of halogens is 5. The van der Waals surface area contributed by atoms with E-state index in [9.17, 15) is 0 Å². The molecule has 1 aromatic rings. The van der Waals surface area contributed by atoms with Gasteiger partial charge in [0, 0.05) is 0 Å². The zero-order valence-corrected chi connectivity index (χ0v) is 12.2. The Balaban J connectivity index is 0. The average Bonchev–Trinajstić information content (AvgIpc) is 2.08. The van der Waals surface area contributed by atoms with Gasteiger partial charge in [-0.1, -0.05) is 58.0 Å². The molecule has 1 rings (SSSR count). The fraction of sp³-hybridized carbons (Fsp3) is 0. The first-order chi connectivity index (χ1) is 5.46. The third kappa shape index (κ3) is 2.73. The van der Waals surface area contributed by atoms with Crippen LogP contribution in [-0.2, 0) is 0 Å². The molecular formula is C6H3Cl5NNa. The number of nitrogen functional groups attached to an aromatic ring is 1. The normalized spacial score (nSPS) is 9.62. The maximum absolute atomic E-state index is 5.68. The summed E-state index contributed by atoms with van der Waals surface area (Å²) in [7, 11) is 0. The third-order valence-electron chi connectivity index (χ3n) is 1.24. The minimum absolute atomic E-state index is 0. The molecule has 0 heterocycles. The Morgan fingerprint density at radius 2 is 0.923 bits per heavy atom. The van der Waals surface area contributed by atoms with Gasteiger partial charge in [-0.05, 0) is 0 Å². The van der Waals surface area contributed by atoms with Crippen molar-refractivity contribution in [1.29, 1.82) is 0 Å². The second-order valence-corrected chi connectivity index (χ2v) is 3.87. The molecule has 1 nitrogen and oxygen atoms in total. The molecule has 0 aliphatic heterocycles. The van der Waals surface area contributed by atoms with Crippen LogP contribution in [0, 0.1) is 0 Å². The summed E-state index contributed by atoms with van der Waals surface area (Å²) in [6.45, 7) is 0. The van der Waals surface area contributed by atoms with Crippen LogP contribution in [0.4, 0.5) is 5.69 Å². The van der Waals surface area contributed by atoms with Gasteiger partial charge in [0.05, 0.1) is 30.8 Å². The van der Waals surface area contributed by atoms with Crippen LogP contribution in [0.2, 0.25) is 25.1 Å². The van der Waals surface area contributed by atoms with Gasteiger partial charge < -0.3 is 7.16 Å².